The topological polar surface area (TPSA) is 65.2 Å². The Kier molecular flexibility index (Phi) is 5.33. The number of fused-ring (bicyclic) bond motifs is 1. The number of carbonyl (C=O) groups is 2. The van der Waals surface area contributed by atoms with Gasteiger partial charge in [-0.15, -0.1) is 0 Å². The number of nitrogens with zero attached hydrogens (tertiary/aromatic N) is 1. The van der Waals surface area contributed by atoms with E-state index in [-0.39, 0.29) is 24.2 Å². The van der Waals surface area contributed by atoms with Crippen LogP contribution in [0, 0.1) is 19.8 Å². The summed E-state index contributed by atoms with van der Waals surface area (Å²) in [6, 6.07) is 11.7. The number of benzene rings is 2. The van der Waals surface area contributed by atoms with E-state index in [9.17, 15) is 9.59 Å². The maximum Gasteiger partial charge on any atom is 0.229 e. The zero-order chi connectivity index (χ0) is 20.5. The molecule has 150 valence electrons. The second-order valence-corrected chi connectivity index (χ2v) is 8.16. The molecule has 2 N–H and O–H groups in total. The van der Waals surface area contributed by atoms with E-state index >= 15 is 0 Å². The number of nitrogens with one attached hydrogen (secondary N) is 2. The van der Waals surface area contributed by atoms with E-state index in [0.717, 1.165) is 17.5 Å². The van der Waals surface area contributed by atoms with Gasteiger partial charge in [0, 0.05) is 47.3 Å². The summed E-state index contributed by atoms with van der Waals surface area (Å²) in [6.45, 7) is 5.00. The summed E-state index contributed by atoms with van der Waals surface area (Å²) in [7, 11) is 0. The molecule has 2 aromatic carbocycles. The van der Waals surface area contributed by atoms with Gasteiger partial charge >= 0.3 is 0 Å². The second kappa shape index (κ2) is 7.91. The van der Waals surface area contributed by atoms with E-state index in [2.05, 4.69) is 35.4 Å². The van der Waals surface area contributed by atoms with Gasteiger partial charge in [0.05, 0.1) is 5.92 Å². The molecule has 1 aliphatic heterocycles. The van der Waals surface area contributed by atoms with Gasteiger partial charge in [0.25, 0.3) is 0 Å². The van der Waals surface area contributed by atoms with E-state index in [1.807, 2.05) is 19.2 Å². The third kappa shape index (κ3) is 4.01. The van der Waals surface area contributed by atoms with Gasteiger partial charge in [0.1, 0.15) is 0 Å². The molecule has 0 bridgehead atoms. The quantitative estimate of drug-likeness (QED) is 0.653. The molecule has 2 amide bonds. The maximum atomic E-state index is 12.7. The lowest BCUT2D eigenvalue weighted by Crippen LogP contribution is -2.30. The molecular formula is C23H24ClN3O2. The van der Waals surface area contributed by atoms with Crippen LogP contribution in [0.4, 0.5) is 5.69 Å². The van der Waals surface area contributed by atoms with Gasteiger partial charge in [0.15, 0.2) is 0 Å². The monoisotopic (exact) mass is 409 g/mol. The summed E-state index contributed by atoms with van der Waals surface area (Å²) in [5.41, 5.74) is 5.04. The Morgan fingerprint density at radius 3 is 2.93 bits per heavy atom. The number of carbonyl (C=O) groups excluding carboxylic acids is 2. The molecule has 1 aromatic heterocycles. The van der Waals surface area contributed by atoms with Crippen molar-refractivity contribution in [2.45, 2.75) is 26.7 Å². The predicted molar refractivity (Wildman–Crippen MR) is 116 cm³/mol. The Balaban J connectivity index is 1.39. The molecule has 0 unspecified atom stereocenters. The minimum atomic E-state index is -0.342. The van der Waals surface area contributed by atoms with Crippen LogP contribution in [0.5, 0.6) is 0 Å². The molecule has 1 atom stereocenters. The molecule has 4 rings (SSSR count). The lowest BCUT2D eigenvalue weighted by molar-refractivity contribution is -0.128. The average molecular weight is 410 g/mol. The van der Waals surface area contributed by atoms with E-state index in [1.165, 1.54) is 16.5 Å². The second-order valence-electron chi connectivity index (χ2n) is 7.76. The number of amides is 2. The zero-order valence-corrected chi connectivity index (χ0v) is 17.3. The summed E-state index contributed by atoms with van der Waals surface area (Å²) in [6.07, 6.45) is 3.02. The first kappa shape index (κ1) is 19.5. The molecule has 0 saturated carbocycles. The molecule has 1 saturated heterocycles. The van der Waals surface area contributed by atoms with Crippen LogP contribution in [0.1, 0.15) is 23.1 Å². The lowest BCUT2D eigenvalue weighted by Gasteiger charge is -2.17. The van der Waals surface area contributed by atoms with Crippen molar-refractivity contribution in [2.24, 2.45) is 5.92 Å². The fraction of sp³-hybridized carbons (Fsp3) is 0.304. The van der Waals surface area contributed by atoms with Crippen LogP contribution in [-0.4, -0.2) is 34.8 Å². The van der Waals surface area contributed by atoms with Crippen LogP contribution in [0.15, 0.2) is 42.6 Å². The van der Waals surface area contributed by atoms with E-state index in [0.29, 0.717) is 23.8 Å². The summed E-state index contributed by atoms with van der Waals surface area (Å²) < 4.78 is 0. The largest absolute Gasteiger partial charge is 0.361 e. The van der Waals surface area contributed by atoms with Gasteiger partial charge in [-0.25, -0.2) is 0 Å². The first-order valence-electron chi connectivity index (χ1n) is 9.82. The first-order chi connectivity index (χ1) is 13.9. The van der Waals surface area contributed by atoms with E-state index in [1.54, 1.807) is 17.0 Å². The van der Waals surface area contributed by atoms with Crippen molar-refractivity contribution < 1.29 is 9.59 Å². The highest BCUT2D eigenvalue weighted by molar-refractivity contribution is 6.31. The maximum absolute atomic E-state index is 12.7. The zero-order valence-electron chi connectivity index (χ0n) is 16.6. The average Bonchev–Trinajstić information content (AvgIpc) is 3.26. The highest BCUT2D eigenvalue weighted by Crippen LogP contribution is 2.26. The molecular weight excluding hydrogens is 386 g/mol. The standard InChI is InChI=1S/C23H24ClN3O2/c1-14-6-7-21-18(10-14)16(12-25-21)8-9-27-13-17(11-22(27)28)23(29)26-20-5-3-4-19(24)15(20)2/h3-7,10,12,17,25H,8-9,11,13H2,1-2H3,(H,26,29)/t17-/m0/s1. The highest BCUT2D eigenvalue weighted by atomic mass is 35.5. The molecule has 5 nitrogen and oxygen atoms in total. The molecule has 0 aliphatic carbocycles. The Hall–Kier alpha value is -2.79. The third-order valence-electron chi connectivity index (χ3n) is 5.68. The van der Waals surface area contributed by atoms with Gasteiger partial charge in [-0.3, -0.25) is 9.59 Å². The molecule has 0 spiro atoms. The molecule has 2 heterocycles. The molecule has 0 radical (unpaired) electrons. The number of rotatable bonds is 5. The van der Waals surface area contributed by atoms with Gasteiger partial charge in [-0.05, 0) is 55.7 Å². The SMILES string of the molecule is Cc1ccc2[nH]cc(CCN3C[C@@H](C(=O)Nc4cccc(Cl)c4C)CC3=O)c2c1. The van der Waals surface area contributed by atoms with Crippen LogP contribution in [0.25, 0.3) is 10.9 Å². The van der Waals surface area contributed by atoms with Crippen LogP contribution in [0.2, 0.25) is 5.02 Å². The minimum absolute atomic E-state index is 0.0315. The predicted octanol–water partition coefficient (Wildman–Crippen LogP) is 4.47. The van der Waals surface area contributed by atoms with Crippen molar-refractivity contribution in [3.8, 4) is 0 Å². The fourth-order valence-electron chi connectivity index (χ4n) is 3.90. The molecule has 29 heavy (non-hydrogen) atoms. The van der Waals surface area contributed by atoms with Crippen molar-refractivity contribution in [2.75, 3.05) is 18.4 Å². The van der Waals surface area contributed by atoms with Crippen molar-refractivity contribution >= 4 is 40.0 Å². The third-order valence-corrected chi connectivity index (χ3v) is 6.09. The lowest BCUT2D eigenvalue weighted by atomic mass is 10.1. The van der Waals surface area contributed by atoms with Gasteiger partial charge in [0.2, 0.25) is 11.8 Å². The fourth-order valence-corrected chi connectivity index (χ4v) is 4.07. The summed E-state index contributed by atoms with van der Waals surface area (Å²) >= 11 is 6.13. The first-order valence-corrected chi connectivity index (χ1v) is 10.2. The number of likely N-dealkylation sites (tertiary alicyclic amines) is 1. The molecule has 6 heteroatoms. The van der Waals surface area contributed by atoms with Gasteiger partial charge < -0.3 is 15.2 Å². The Labute approximate surface area is 175 Å². The van der Waals surface area contributed by atoms with Crippen LogP contribution in [-0.2, 0) is 16.0 Å². The number of aromatic nitrogens is 1. The van der Waals surface area contributed by atoms with Crippen LogP contribution in [0.3, 0.4) is 0 Å². The number of hydrogen-bond donors (Lipinski definition) is 2. The number of anilines is 1. The number of hydrogen-bond acceptors (Lipinski definition) is 2. The minimum Gasteiger partial charge on any atom is -0.361 e. The highest BCUT2D eigenvalue weighted by Gasteiger charge is 2.34. The summed E-state index contributed by atoms with van der Waals surface area (Å²) in [5, 5.41) is 4.74. The molecule has 1 fully saturated rings. The van der Waals surface area contributed by atoms with Gasteiger partial charge in [-0.1, -0.05) is 29.3 Å². The smallest absolute Gasteiger partial charge is 0.229 e. The van der Waals surface area contributed by atoms with Crippen LogP contribution < -0.4 is 5.32 Å². The van der Waals surface area contributed by atoms with Gasteiger partial charge in [-0.2, -0.15) is 0 Å². The van der Waals surface area contributed by atoms with Crippen molar-refractivity contribution in [1.82, 2.24) is 9.88 Å². The number of halogens is 1. The van der Waals surface area contributed by atoms with E-state index in [4.69, 9.17) is 11.6 Å². The molecule has 3 aromatic rings. The normalized spacial score (nSPS) is 16.6. The molecule has 1 aliphatic rings. The summed E-state index contributed by atoms with van der Waals surface area (Å²) in [5.74, 6) is -0.441. The van der Waals surface area contributed by atoms with Crippen molar-refractivity contribution in [3.63, 3.8) is 0 Å². The van der Waals surface area contributed by atoms with E-state index < -0.39 is 0 Å². The number of H-pyrrole nitrogens is 1. The Morgan fingerprint density at radius 1 is 1.28 bits per heavy atom. The Bertz CT molecular complexity index is 1090. The van der Waals surface area contributed by atoms with Crippen LogP contribution >= 0.6 is 11.6 Å². The number of aromatic amines is 1. The number of aryl methyl sites for hydroxylation is 1. The van der Waals surface area contributed by atoms with Crippen molar-refractivity contribution in [3.05, 3.63) is 64.3 Å². The Morgan fingerprint density at radius 2 is 2.10 bits per heavy atom. The van der Waals surface area contributed by atoms with Crippen molar-refractivity contribution in [1.29, 1.82) is 0 Å². The summed E-state index contributed by atoms with van der Waals surface area (Å²) in [4.78, 5) is 30.2.